The van der Waals surface area contributed by atoms with Crippen molar-refractivity contribution in [2.24, 2.45) is 5.73 Å². The molecule has 0 aromatic rings. The zero-order chi connectivity index (χ0) is 10.6. The van der Waals surface area contributed by atoms with E-state index in [4.69, 9.17) is 5.73 Å². The lowest BCUT2D eigenvalue weighted by molar-refractivity contribution is -0.120. The van der Waals surface area contributed by atoms with Crippen LogP contribution >= 0.6 is 36.6 Å². The molecule has 3 N–H and O–H groups in total. The highest BCUT2D eigenvalue weighted by Gasteiger charge is 2.36. The fourth-order valence-electron chi connectivity index (χ4n) is 1.58. The zero-order valence-corrected chi connectivity index (χ0v) is 12.1. The number of thioether (sulfide) groups is 1. The molecule has 1 fully saturated rings. The summed E-state index contributed by atoms with van der Waals surface area (Å²) in [7, 11) is 4.14. The second-order valence-corrected chi connectivity index (χ2v) is 5.01. The fourth-order valence-corrected chi connectivity index (χ4v) is 3.14. The Hall–Kier alpha value is 0.320. The van der Waals surface area contributed by atoms with Gasteiger partial charge >= 0.3 is 0 Å². The van der Waals surface area contributed by atoms with Crippen LogP contribution in [0.25, 0.3) is 0 Å². The fraction of sp³-hybridized carbons (Fsp3) is 0.889. The van der Waals surface area contributed by atoms with E-state index in [0.29, 0.717) is 6.54 Å². The van der Waals surface area contributed by atoms with Crippen LogP contribution in [0.2, 0.25) is 0 Å². The lowest BCUT2D eigenvalue weighted by Crippen LogP contribution is -2.53. The van der Waals surface area contributed by atoms with Crippen LogP contribution in [0.5, 0.6) is 0 Å². The van der Waals surface area contributed by atoms with Crippen molar-refractivity contribution >= 4 is 42.5 Å². The zero-order valence-electron chi connectivity index (χ0n) is 9.69. The number of rotatable bonds is 4. The van der Waals surface area contributed by atoms with E-state index in [1.165, 1.54) is 5.75 Å². The highest BCUT2D eigenvalue weighted by molar-refractivity contribution is 7.99. The maximum atomic E-state index is 11.1. The minimum atomic E-state index is -0.0666. The molecule has 0 spiro atoms. The maximum absolute atomic E-state index is 11.1. The summed E-state index contributed by atoms with van der Waals surface area (Å²) in [4.78, 5) is 13.3. The number of amides is 1. The average Bonchev–Trinajstić information content (AvgIpc) is 2.64. The van der Waals surface area contributed by atoms with Crippen molar-refractivity contribution in [1.82, 2.24) is 10.2 Å². The Morgan fingerprint density at radius 1 is 1.50 bits per heavy atom. The van der Waals surface area contributed by atoms with Crippen molar-refractivity contribution in [2.75, 3.05) is 38.7 Å². The molecule has 0 bridgehead atoms. The van der Waals surface area contributed by atoms with Gasteiger partial charge in [0.05, 0.1) is 6.54 Å². The summed E-state index contributed by atoms with van der Waals surface area (Å²) >= 11 is 1.94. The largest absolute Gasteiger partial charge is 0.353 e. The van der Waals surface area contributed by atoms with E-state index in [2.05, 4.69) is 24.3 Å². The van der Waals surface area contributed by atoms with Crippen molar-refractivity contribution in [3.05, 3.63) is 0 Å². The summed E-state index contributed by atoms with van der Waals surface area (Å²) < 4.78 is 0. The summed E-state index contributed by atoms with van der Waals surface area (Å²) in [6.07, 6.45) is 1.13. The summed E-state index contributed by atoms with van der Waals surface area (Å²) in [5.41, 5.74) is 5.38. The van der Waals surface area contributed by atoms with Crippen molar-refractivity contribution in [2.45, 2.75) is 12.0 Å². The van der Waals surface area contributed by atoms with Gasteiger partial charge in [-0.25, -0.2) is 0 Å². The molecule has 1 atom stereocenters. The van der Waals surface area contributed by atoms with Gasteiger partial charge in [0.25, 0.3) is 0 Å². The summed E-state index contributed by atoms with van der Waals surface area (Å²) in [5.74, 6) is 2.20. The van der Waals surface area contributed by atoms with E-state index >= 15 is 0 Å². The number of nitrogens with zero attached hydrogens (tertiary/aromatic N) is 1. The van der Waals surface area contributed by atoms with Gasteiger partial charge in [0.15, 0.2) is 0 Å². The number of halogens is 2. The molecule has 1 rings (SSSR count). The second-order valence-electron chi connectivity index (χ2n) is 3.90. The van der Waals surface area contributed by atoms with Gasteiger partial charge in [-0.15, -0.1) is 24.8 Å². The molecule has 0 radical (unpaired) electrons. The first-order valence-electron chi connectivity index (χ1n) is 4.83. The SMILES string of the molecule is CN(C)C1(CNC(=O)CN)CCSC1.Cl.Cl. The third kappa shape index (κ3) is 4.67. The normalized spacial score (nSPS) is 23.5. The molecule has 98 valence electrons. The number of likely N-dealkylation sites (N-methyl/N-ethyl adjacent to an activating group) is 1. The Labute approximate surface area is 114 Å². The monoisotopic (exact) mass is 289 g/mol. The lowest BCUT2D eigenvalue weighted by atomic mass is 9.97. The van der Waals surface area contributed by atoms with Crippen LogP contribution < -0.4 is 11.1 Å². The van der Waals surface area contributed by atoms with Crippen molar-refractivity contribution in [1.29, 1.82) is 0 Å². The van der Waals surface area contributed by atoms with Crippen LogP contribution in [0, 0.1) is 0 Å². The number of hydrogen-bond donors (Lipinski definition) is 2. The topological polar surface area (TPSA) is 58.4 Å². The first kappa shape index (κ1) is 18.7. The van der Waals surface area contributed by atoms with Crippen molar-refractivity contribution in [3.8, 4) is 0 Å². The van der Waals surface area contributed by atoms with Crippen LogP contribution in [0.3, 0.4) is 0 Å². The Kier molecular flexibility index (Phi) is 9.83. The molecule has 1 amide bonds. The molecular weight excluding hydrogens is 269 g/mol. The van der Waals surface area contributed by atoms with E-state index in [1.807, 2.05) is 11.8 Å². The molecule has 1 heterocycles. The molecule has 1 aliphatic heterocycles. The second kappa shape index (κ2) is 8.42. The molecular formula is C9H21Cl2N3OS. The number of nitrogens with two attached hydrogens (primary N) is 1. The summed E-state index contributed by atoms with van der Waals surface area (Å²) in [6.45, 7) is 0.791. The molecule has 0 aromatic heterocycles. The molecule has 4 nitrogen and oxygen atoms in total. The molecule has 16 heavy (non-hydrogen) atoms. The van der Waals surface area contributed by atoms with Crippen molar-refractivity contribution < 1.29 is 4.79 Å². The smallest absolute Gasteiger partial charge is 0.233 e. The van der Waals surface area contributed by atoms with Gasteiger partial charge in [-0.2, -0.15) is 11.8 Å². The number of hydrogen-bond acceptors (Lipinski definition) is 4. The minimum absolute atomic E-state index is 0. The first-order chi connectivity index (χ1) is 6.60. The molecule has 1 aliphatic rings. The van der Waals surface area contributed by atoms with Crippen molar-refractivity contribution in [3.63, 3.8) is 0 Å². The Balaban J connectivity index is 0. The number of carbonyl (C=O) groups is 1. The molecule has 0 aromatic carbocycles. The molecule has 1 saturated heterocycles. The van der Waals surface area contributed by atoms with Gasteiger partial charge in [0.1, 0.15) is 0 Å². The number of carbonyl (C=O) groups excluding carboxylic acids is 1. The van der Waals surface area contributed by atoms with Crippen LogP contribution in [0.1, 0.15) is 6.42 Å². The van der Waals surface area contributed by atoms with Gasteiger partial charge in [0.2, 0.25) is 5.91 Å². The highest BCUT2D eigenvalue weighted by atomic mass is 35.5. The third-order valence-corrected chi connectivity index (χ3v) is 4.07. The van der Waals surface area contributed by atoms with Crippen LogP contribution in [-0.2, 0) is 4.79 Å². The molecule has 0 aliphatic carbocycles. The minimum Gasteiger partial charge on any atom is -0.353 e. The van der Waals surface area contributed by atoms with Gasteiger partial charge in [-0.05, 0) is 26.3 Å². The number of nitrogens with one attached hydrogen (secondary N) is 1. The van der Waals surface area contributed by atoms with E-state index in [1.54, 1.807) is 0 Å². The van der Waals surface area contributed by atoms with E-state index in [0.717, 1.165) is 12.2 Å². The Morgan fingerprint density at radius 3 is 2.50 bits per heavy atom. The van der Waals surface area contributed by atoms with Crippen LogP contribution in [0.15, 0.2) is 0 Å². The summed E-state index contributed by atoms with van der Waals surface area (Å²) in [5, 5.41) is 2.88. The maximum Gasteiger partial charge on any atom is 0.233 e. The van der Waals surface area contributed by atoms with E-state index in [9.17, 15) is 4.79 Å². The van der Waals surface area contributed by atoms with Gasteiger partial charge in [-0.3, -0.25) is 4.79 Å². The van der Waals surface area contributed by atoms with Gasteiger partial charge in [-0.1, -0.05) is 0 Å². The standard InChI is InChI=1S/C9H19N3OS.2ClH/c1-12(2)9(3-4-14-7-9)6-11-8(13)5-10;;/h3-7,10H2,1-2H3,(H,11,13);2*1H. The quantitative estimate of drug-likeness (QED) is 0.784. The molecule has 1 unspecified atom stereocenters. The van der Waals surface area contributed by atoms with E-state index < -0.39 is 0 Å². The average molecular weight is 290 g/mol. The predicted octanol–water partition coefficient (Wildman–Crippen LogP) is 0.342. The van der Waals surface area contributed by atoms with Gasteiger partial charge < -0.3 is 16.0 Å². The summed E-state index contributed by atoms with van der Waals surface area (Å²) in [6, 6.07) is 0. The molecule has 7 heteroatoms. The first-order valence-corrected chi connectivity index (χ1v) is 5.98. The Bertz CT molecular complexity index is 211. The van der Waals surface area contributed by atoms with E-state index in [-0.39, 0.29) is 42.8 Å². The lowest BCUT2D eigenvalue weighted by Gasteiger charge is -2.35. The van der Waals surface area contributed by atoms with Crippen LogP contribution in [0.4, 0.5) is 0 Å². The molecule has 0 saturated carbocycles. The predicted molar refractivity (Wildman–Crippen MR) is 74.9 cm³/mol. The van der Waals surface area contributed by atoms with Gasteiger partial charge in [0, 0.05) is 17.8 Å². The highest BCUT2D eigenvalue weighted by Crippen LogP contribution is 2.31. The third-order valence-electron chi connectivity index (χ3n) is 2.83. The Morgan fingerprint density at radius 2 is 2.12 bits per heavy atom. The van der Waals surface area contributed by atoms with Crippen LogP contribution in [-0.4, -0.2) is 55.0 Å².